The van der Waals surface area contributed by atoms with Crippen molar-refractivity contribution in [3.8, 4) is 0 Å². The normalized spacial score (nSPS) is 13.7. The number of rotatable bonds is 8. The molecule has 0 aliphatic carbocycles. The van der Waals surface area contributed by atoms with Crippen molar-refractivity contribution in [1.82, 2.24) is 0 Å². The summed E-state index contributed by atoms with van der Waals surface area (Å²) < 4.78 is 0. The van der Waals surface area contributed by atoms with E-state index in [-0.39, 0.29) is 11.8 Å². The third-order valence-corrected chi connectivity index (χ3v) is 6.60. The van der Waals surface area contributed by atoms with Gasteiger partial charge >= 0.3 is 0 Å². The number of carbonyl (C=O) groups excluding carboxylic acids is 2. The summed E-state index contributed by atoms with van der Waals surface area (Å²) in [6.45, 7) is 6.19. The van der Waals surface area contributed by atoms with Crippen LogP contribution in [-0.2, 0) is 16.0 Å². The summed E-state index contributed by atoms with van der Waals surface area (Å²) in [6, 6.07) is 23.4. The number of nitrogens with one attached hydrogen (secondary N) is 1. The maximum absolute atomic E-state index is 13.5. The van der Waals surface area contributed by atoms with Crippen molar-refractivity contribution in [3.63, 3.8) is 0 Å². The Hall–Kier alpha value is -3.31. The second-order valence-corrected chi connectivity index (χ2v) is 9.42. The van der Waals surface area contributed by atoms with E-state index in [0.29, 0.717) is 16.3 Å². The van der Waals surface area contributed by atoms with E-state index in [1.165, 1.54) is 22.2 Å². The average molecular weight is 457 g/mol. The van der Waals surface area contributed by atoms with E-state index in [2.05, 4.69) is 18.3 Å². The zero-order valence-electron chi connectivity index (χ0n) is 19.2. The van der Waals surface area contributed by atoms with Gasteiger partial charge < -0.3 is 5.32 Å². The van der Waals surface area contributed by atoms with E-state index >= 15 is 0 Å². The van der Waals surface area contributed by atoms with E-state index < -0.39 is 0 Å². The van der Waals surface area contributed by atoms with Gasteiger partial charge in [-0.2, -0.15) is 0 Å². The van der Waals surface area contributed by atoms with Gasteiger partial charge in [0.15, 0.2) is 0 Å². The summed E-state index contributed by atoms with van der Waals surface area (Å²) in [5.74, 6) is -0.638. The SMILES string of the molecule is CCCCc1ccc(N2C(=O)C(Nc3cc(C)cc(C)c3)=C(Sc3ccccc3)C2=O)cc1. The van der Waals surface area contributed by atoms with Crippen LogP contribution in [0.1, 0.15) is 36.5 Å². The van der Waals surface area contributed by atoms with Crippen LogP contribution in [0.2, 0.25) is 0 Å². The number of hydrogen-bond acceptors (Lipinski definition) is 4. The van der Waals surface area contributed by atoms with Gasteiger partial charge in [0, 0.05) is 10.6 Å². The van der Waals surface area contributed by atoms with Crippen molar-refractivity contribution in [3.05, 3.63) is 100 Å². The molecule has 1 N–H and O–H groups in total. The number of amides is 2. The van der Waals surface area contributed by atoms with Crippen LogP contribution in [0.3, 0.4) is 0 Å². The van der Waals surface area contributed by atoms with Crippen LogP contribution in [0.4, 0.5) is 11.4 Å². The molecular weight excluding hydrogens is 428 g/mol. The highest BCUT2D eigenvalue weighted by atomic mass is 32.2. The van der Waals surface area contributed by atoms with Crippen LogP contribution in [0, 0.1) is 13.8 Å². The molecule has 0 bridgehead atoms. The number of nitrogens with zero attached hydrogens (tertiary/aromatic N) is 1. The average Bonchev–Trinajstić information content (AvgIpc) is 3.02. The van der Waals surface area contributed by atoms with Crippen molar-refractivity contribution in [2.75, 3.05) is 10.2 Å². The number of hydrogen-bond donors (Lipinski definition) is 1. The second-order valence-electron chi connectivity index (χ2n) is 8.34. The van der Waals surface area contributed by atoms with Gasteiger partial charge in [-0.15, -0.1) is 0 Å². The van der Waals surface area contributed by atoms with Gasteiger partial charge in [-0.05, 0) is 79.8 Å². The number of thioether (sulfide) groups is 1. The maximum Gasteiger partial charge on any atom is 0.283 e. The topological polar surface area (TPSA) is 49.4 Å². The van der Waals surface area contributed by atoms with Gasteiger partial charge in [0.25, 0.3) is 11.8 Å². The van der Waals surface area contributed by atoms with Crippen molar-refractivity contribution in [1.29, 1.82) is 0 Å². The lowest BCUT2D eigenvalue weighted by Crippen LogP contribution is -2.32. The maximum atomic E-state index is 13.5. The summed E-state index contributed by atoms with van der Waals surface area (Å²) in [6.07, 6.45) is 3.23. The van der Waals surface area contributed by atoms with Gasteiger partial charge in [-0.25, -0.2) is 4.90 Å². The Bertz CT molecular complexity index is 1180. The Morgan fingerprint density at radius 2 is 1.52 bits per heavy atom. The first-order valence-electron chi connectivity index (χ1n) is 11.3. The van der Waals surface area contributed by atoms with Crippen molar-refractivity contribution >= 4 is 35.0 Å². The highest BCUT2D eigenvalue weighted by molar-refractivity contribution is 8.04. The Balaban J connectivity index is 1.69. The van der Waals surface area contributed by atoms with Crippen LogP contribution in [0.25, 0.3) is 0 Å². The fourth-order valence-electron chi connectivity index (χ4n) is 3.94. The van der Waals surface area contributed by atoms with Crippen LogP contribution in [0.5, 0.6) is 0 Å². The Kier molecular flexibility index (Phi) is 6.99. The molecule has 0 saturated heterocycles. The van der Waals surface area contributed by atoms with E-state index in [0.717, 1.165) is 41.0 Å². The molecule has 0 aromatic heterocycles. The van der Waals surface area contributed by atoms with Crippen molar-refractivity contribution < 1.29 is 9.59 Å². The lowest BCUT2D eigenvalue weighted by molar-refractivity contribution is -0.120. The minimum atomic E-state index is -0.334. The number of benzene rings is 3. The molecule has 5 heteroatoms. The summed E-state index contributed by atoms with van der Waals surface area (Å²) in [5, 5.41) is 3.26. The molecule has 1 aliphatic rings. The van der Waals surface area contributed by atoms with Gasteiger partial charge in [-0.1, -0.05) is 61.5 Å². The Morgan fingerprint density at radius 1 is 0.848 bits per heavy atom. The number of aryl methyl sites for hydroxylation is 3. The predicted molar refractivity (Wildman–Crippen MR) is 136 cm³/mol. The number of carbonyl (C=O) groups is 2. The summed E-state index contributed by atoms with van der Waals surface area (Å²) in [5.41, 5.74) is 5.09. The van der Waals surface area contributed by atoms with Gasteiger partial charge in [0.1, 0.15) is 10.6 Å². The van der Waals surface area contributed by atoms with Crippen molar-refractivity contribution in [2.45, 2.75) is 44.9 Å². The molecule has 0 unspecified atom stereocenters. The lowest BCUT2D eigenvalue weighted by atomic mass is 10.1. The van der Waals surface area contributed by atoms with E-state index in [1.807, 2.05) is 80.6 Å². The highest BCUT2D eigenvalue weighted by Gasteiger charge is 2.40. The van der Waals surface area contributed by atoms with Gasteiger partial charge in [0.05, 0.1) is 5.69 Å². The fourth-order valence-corrected chi connectivity index (χ4v) is 4.89. The molecule has 168 valence electrons. The third-order valence-electron chi connectivity index (χ3n) is 5.51. The minimum Gasteiger partial charge on any atom is -0.350 e. The zero-order valence-corrected chi connectivity index (χ0v) is 20.0. The molecule has 0 fully saturated rings. The molecule has 4 rings (SSSR count). The number of unbranched alkanes of at least 4 members (excludes halogenated alkanes) is 1. The quantitative estimate of drug-likeness (QED) is 0.386. The molecule has 0 spiro atoms. The largest absolute Gasteiger partial charge is 0.350 e. The van der Waals surface area contributed by atoms with E-state index in [4.69, 9.17) is 0 Å². The smallest absolute Gasteiger partial charge is 0.283 e. The fraction of sp³-hybridized carbons (Fsp3) is 0.214. The number of anilines is 2. The summed E-state index contributed by atoms with van der Waals surface area (Å²) in [4.78, 5) is 29.6. The minimum absolute atomic E-state index is 0.304. The Morgan fingerprint density at radius 3 is 2.15 bits per heavy atom. The molecule has 3 aromatic carbocycles. The molecule has 0 saturated carbocycles. The summed E-state index contributed by atoms with van der Waals surface area (Å²) in [7, 11) is 0. The van der Waals surface area contributed by atoms with E-state index in [9.17, 15) is 9.59 Å². The van der Waals surface area contributed by atoms with Gasteiger partial charge in [0.2, 0.25) is 0 Å². The van der Waals surface area contributed by atoms with Crippen LogP contribution < -0.4 is 10.2 Å². The molecular formula is C28H28N2O2S. The van der Waals surface area contributed by atoms with Crippen LogP contribution >= 0.6 is 11.8 Å². The van der Waals surface area contributed by atoms with E-state index in [1.54, 1.807) is 0 Å². The Labute approximate surface area is 199 Å². The molecule has 33 heavy (non-hydrogen) atoms. The first kappa shape index (κ1) is 22.9. The number of imide groups is 1. The molecule has 1 heterocycles. The second kappa shape index (κ2) is 10.1. The standard InChI is InChI=1S/C28H28N2O2S/c1-4-5-9-21-12-14-23(15-13-21)30-27(31)25(29-22-17-19(2)16-20(3)18-22)26(28(30)32)33-24-10-7-6-8-11-24/h6-8,10-18,29H,4-5,9H2,1-3H3. The zero-order chi connectivity index (χ0) is 23.4. The lowest BCUT2D eigenvalue weighted by Gasteiger charge is -2.16. The first-order chi connectivity index (χ1) is 16.0. The molecule has 0 radical (unpaired) electrons. The van der Waals surface area contributed by atoms with Crippen LogP contribution in [0.15, 0.2) is 88.3 Å². The monoisotopic (exact) mass is 456 g/mol. The van der Waals surface area contributed by atoms with Crippen molar-refractivity contribution in [2.24, 2.45) is 0 Å². The molecule has 3 aromatic rings. The molecule has 2 amide bonds. The highest BCUT2D eigenvalue weighted by Crippen LogP contribution is 2.38. The first-order valence-corrected chi connectivity index (χ1v) is 12.1. The molecule has 0 atom stereocenters. The molecule has 4 nitrogen and oxygen atoms in total. The third kappa shape index (κ3) is 5.20. The van der Waals surface area contributed by atoms with Gasteiger partial charge in [-0.3, -0.25) is 9.59 Å². The molecule has 1 aliphatic heterocycles. The predicted octanol–water partition coefficient (Wildman–Crippen LogP) is 6.64. The summed E-state index contributed by atoms with van der Waals surface area (Å²) >= 11 is 1.32. The van der Waals surface area contributed by atoms with Crippen LogP contribution in [-0.4, -0.2) is 11.8 Å².